The van der Waals surface area contributed by atoms with Crippen LogP contribution in [0, 0.1) is 0 Å². The highest BCUT2D eigenvalue weighted by atomic mass is 32.2. The van der Waals surface area contributed by atoms with Crippen LogP contribution in [0.5, 0.6) is 23.0 Å². The van der Waals surface area contributed by atoms with Gasteiger partial charge in [0.05, 0.1) is 65.6 Å². The minimum Gasteiger partial charge on any atom is -0.491 e. The maximum atomic E-state index is 9.10. The molecule has 0 radical (unpaired) electrons. The third-order valence-electron chi connectivity index (χ3n) is 11.0. The molecule has 4 aromatic rings. The second-order valence-electron chi connectivity index (χ2n) is 21.2. The lowest BCUT2D eigenvalue weighted by Gasteiger charge is -2.28. The van der Waals surface area contributed by atoms with Crippen molar-refractivity contribution in [1.82, 2.24) is 0 Å². The summed E-state index contributed by atoms with van der Waals surface area (Å²) in [6.45, 7) is 31.3. The van der Waals surface area contributed by atoms with E-state index >= 15 is 0 Å². The van der Waals surface area contributed by atoms with Crippen LogP contribution in [0.4, 0.5) is 0 Å². The van der Waals surface area contributed by atoms with Crippen LogP contribution < -0.4 is 41.9 Å². The summed E-state index contributed by atoms with van der Waals surface area (Å²) in [4.78, 5) is 26.3. The number of hydrogen-bond donors (Lipinski definition) is 6. The van der Waals surface area contributed by atoms with Gasteiger partial charge in [-0.25, -0.2) is 9.59 Å². The Kier molecular flexibility index (Phi) is 21.7. The van der Waals surface area contributed by atoms with Gasteiger partial charge in [0, 0.05) is 0 Å². The molecule has 0 spiro atoms. The van der Waals surface area contributed by atoms with Crippen LogP contribution in [0.15, 0.2) is 87.7 Å². The molecule has 0 saturated carbocycles. The Morgan fingerprint density at radius 2 is 0.529 bits per heavy atom. The maximum Gasteiger partial charge on any atom is 0.414 e. The lowest BCUT2D eigenvalue weighted by Crippen LogP contribution is -2.14. The lowest BCUT2D eigenvalue weighted by atomic mass is 9.87. The van der Waals surface area contributed by atoms with E-state index in [0.29, 0.717) is 52.6 Å². The first-order chi connectivity index (χ1) is 32.7. The predicted octanol–water partition coefficient (Wildman–Crippen LogP) is 11.9. The average Bonchev–Trinajstić information content (AvgIpc) is 3.25. The average molecular weight is 1040 g/mol. The first-order valence-electron chi connectivity index (χ1n) is 24.0. The van der Waals surface area contributed by atoms with Crippen molar-refractivity contribution in [2.75, 3.05) is 52.6 Å². The van der Waals surface area contributed by atoms with Crippen molar-refractivity contribution >= 4 is 59.0 Å². The third kappa shape index (κ3) is 16.7. The van der Waals surface area contributed by atoms with Crippen LogP contribution in [-0.4, -0.2) is 74.8 Å². The number of hydrogen-bond acceptors (Lipinski definition) is 14. The van der Waals surface area contributed by atoms with Crippen LogP contribution in [0.2, 0.25) is 0 Å². The fourth-order valence-electron chi connectivity index (χ4n) is 6.72. The van der Waals surface area contributed by atoms with Gasteiger partial charge in [0.25, 0.3) is 0 Å². The van der Waals surface area contributed by atoms with E-state index in [-0.39, 0.29) is 21.7 Å². The van der Waals surface area contributed by atoms with Crippen LogP contribution in [0.1, 0.15) is 131 Å². The molecule has 8 bridgehead atoms. The minimum absolute atomic E-state index is 0.168. The number of nitrogens with two attached hydrogens (primary N) is 4. The monoisotopic (exact) mass is 1040 g/mol. The van der Waals surface area contributed by atoms with E-state index in [1.165, 1.54) is 22.3 Å². The second-order valence-corrected chi connectivity index (χ2v) is 25.5. The number of carboxylic acid groups (broad SMARTS) is 2. The number of benzene rings is 4. The molecule has 0 aliphatic carbocycles. The zero-order valence-electron chi connectivity index (χ0n) is 43.4. The van der Waals surface area contributed by atoms with Gasteiger partial charge in [0.2, 0.25) is 0 Å². The number of ether oxygens (including phenoxy) is 4. The molecule has 1 aliphatic rings. The molecule has 386 valence electrons. The SMILES string of the molecule is CC(C)(C)c1cc2c(OCCCN)c(c1)Sc1cc(C(C)(C)C)cc(c1OCCCN)Sc1cc(C(C)(C)C)cc(c1OCCCN)Sc1cc(C(C)(C)C)cc(c1OCCCN)S2.O=C(O)C(=O)O. The van der Waals surface area contributed by atoms with E-state index in [1.54, 1.807) is 47.0 Å². The molecule has 12 nitrogen and oxygen atoms in total. The summed E-state index contributed by atoms with van der Waals surface area (Å²) >= 11 is 6.82. The highest BCUT2D eigenvalue weighted by Crippen LogP contribution is 2.56. The van der Waals surface area contributed by atoms with Crippen LogP contribution in [0.3, 0.4) is 0 Å². The Morgan fingerprint density at radius 3 is 0.643 bits per heavy atom. The molecular formula is C54H78N4O8S4. The Balaban J connectivity index is 0.00000167. The summed E-state index contributed by atoms with van der Waals surface area (Å²) in [5, 5.41) is 14.8. The summed E-state index contributed by atoms with van der Waals surface area (Å²) in [6.07, 6.45) is 2.89. The number of carboxylic acids is 2. The van der Waals surface area contributed by atoms with Crippen LogP contribution in [-0.2, 0) is 31.2 Å². The molecule has 0 atom stereocenters. The molecule has 10 N–H and O–H groups in total. The van der Waals surface area contributed by atoms with Crippen molar-refractivity contribution in [1.29, 1.82) is 0 Å². The molecule has 1 aliphatic heterocycles. The Bertz CT molecular complexity index is 2000. The van der Waals surface area contributed by atoms with E-state index in [1.807, 2.05) is 0 Å². The van der Waals surface area contributed by atoms with Crippen molar-refractivity contribution in [3.8, 4) is 23.0 Å². The second kappa shape index (κ2) is 25.8. The summed E-state index contributed by atoms with van der Waals surface area (Å²) in [5.41, 5.74) is 28.5. The van der Waals surface area contributed by atoms with Gasteiger partial charge < -0.3 is 52.1 Å². The fourth-order valence-corrected chi connectivity index (χ4v) is 11.5. The quantitative estimate of drug-likeness (QED) is 0.0400. The molecule has 0 fully saturated rings. The van der Waals surface area contributed by atoms with E-state index in [9.17, 15) is 0 Å². The molecule has 0 unspecified atom stereocenters. The lowest BCUT2D eigenvalue weighted by molar-refractivity contribution is -0.159. The number of carbonyl (C=O) groups is 2. The molecule has 0 aromatic heterocycles. The number of aliphatic carboxylic acids is 2. The Labute approximate surface area is 434 Å². The topological polar surface area (TPSA) is 216 Å². The maximum absolute atomic E-state index is 9.10. The molecule has 5 rings (SSSR count). The van der Waals surface area contributed by atoms with Crippen molar-refractivity contribution in [2.45, 2.75) is 170 Å². The van der Waals surface area contributed by atoms with Crippen molar-refractivity contribution < 1.29 is 38.7 Å². The molecule has 70 heavy (non-hydrogen) atoms. The summed E-state index contributed by atoms with van der Waals surface area (Å²) in [7, 11) is 0. The van der Waals surface area contributed by atoms with E-state index in [0.717, 1.165) is 87.8 Å². The predicted molar refractivity (Wildman–Crippen MR) is 289 cm³/mol. The summed E-state index contributed by atoms with van der Waals surface area (Å²) in [5.74, 6) is -0.349. The highest BCUT2D eigenvalue weighted by molar-refractivity contribution is 8.01. The molecular weight excluding hydrogens is 961 g/mol. The zero-order chi connectivity index (χ0) is 52.2. The van der Waals surface area contributed by atoms with E-state index < -0.39 is 11.9 Å². The van der Waals surface area contributed by atoms with Crippen molar-refractivity contribution in [3.05, 3.63) is 70.8 Å². The number of rotatable bonds is 16. The van der Waals surface area contributed by atoms with Gasteiger partial charge in [-0.2, -0.15) is 0 Å². The van der Waals surface area contributed by atoms with E-state index in [4.69, 9.17) is 61.7 Å². The fraction of sp³-hybridized carbons (Fsp3) is 0.519. The molecule has 4 aromatic carbocycles. The minimum atomic E-state index is -1.82. The molecule has 0 saturated heterocycles. The summed E-state index contributed by atoms with van der Waals surface area (Å²) in [6, 6.07) is 18.5. The molecule has 16 heteroatoms. The van der Waals surface area contributed by atoms with Crippen LogP contribution in [0.25, 0.3) is 0 Å². The molecule has 1 heterocycles. The van der Waals surface area contributed by atoms with Crippen LogP contribution >= 0.6 is 47.0 Å². The van der Waals surface area contributed by atoms with E-state index in [2.05, 4.69) is 132 Å². The first-order valence-corrected chi connectivity index (χ1v) is 27.2. The standard InChI is InChI=1S/C52H76N4O4S4.C2H2O4/c1-49(2,3)33-25-37-45(57-21-13-17-53)38(26-33)62-40-28-35(51(7,8)9)30-42(47(40)59-23-15-19-55)64-44-32-36(52(10,11)12)31-43(48(44)60-24-16-20-56)63-41-29-34(50(4,5)6)27-39(61-37)46(41)58-22-14-18-54;3-1(4)2(5)6/h25-32H,13-24,53-56H2,1-12H3;(H,3,4)(H,5,6). The zero-order valence-corrected chi connectivity index (χ0v) is 46.7. The van der Waals surface area contributed by atoms with Gasteiger partial charge in [-0.15, -0.1) is 0 Å². The van der Waals surface area contributed by atoms with Gasteiger partial charge in [-0.05, 0) is 144 Å². The highest BCUT2D eigenvalue weighted by Gasteiger charge is 2.30. The van der Waals surface area contributed by atoms with Gasteiger partial charge in [-0.1, -0.05) is 130 Å². The molecule has 0 amide bonds. The largest absolute Gasteiger partial charge is 0.491 e. The van der Waals surface area contributed by atoms with Crippen molar-refractivity contribution in [3.63, 3.8) is 0 Å². The van der Waals surface area contributed by atoms with Gasteiger partial charge in [-0.3, -0.25) is 0 Å². The smallest absolute Gasteiger partial charge is 0.414 e. The number of fused-ring (bicyclic) bond motifs is 8. The van der Waals surface area contributed by atoms with Gasteiger partial charge in [0.15, 0.2) is 0 Å². The third-order valence-corrected chi connectivity index (χ3v) is 15.2. The van der Waals surface area contributed by atoms with Gasteiger partial charge in [0.1, 0.15) is 23.0 Å². The Morgan fingerprint density at radius 1 is 0.371 bits per heavy atom. The van der Waals surface area contributed by atoms with Crippen molar-refractivity contribution in [2.24, 2.45) is 22.9 Å². The Hall–Kier alpha value is -3.74. The summed E-state index contributed by atoms with van der Waals surface area (Å²) < 4.78 is 27.6. The normalized spacial score (nSPS) is 13.0. The first kappa shape index (κ1) is 58.8. The van der Waals surface area contributed by atoms with Gasteiger partial charge >= 0.3 is 11.9 Å².